The molecule has 1 unspecified atom stereocenters. The molecule has 222 valence electrons. The molecule has 0 amide bonds. The summed E-state index contributed by atoms with van der Waals surface area (Å²) < 4.78 is 37.5. The van der Waals surface area contributed by atoms with Crippen molar-refractivity contribution in [1.29, 1.82) is 0 Å². The van der Waals surface area contributed by atoms with Crippen molar-refractivity contribution in [2.45, 2.75) is 103 Å². The summed E-state index contributed by atoms with van der Waals surface area (Å²) in [4.78, 5) is 17.2. The Bertz CT molecular complexity index is 670. The van der Waals surface area contributed by atoms with Crippen LogP contribution in [0.25, 0.3) is 0 Å². The lowest BCUT2D eigenvalue weighted by atomic mass is 10.0. The Morgan fingerprint density at radius 2 is 1.13 bits per heavy atom. The zero-order valence-electron chi connectivity index (χ0n) is 23.6. The zero-order chi connectivity index (χ0) is 27.6. The van der Waals surface area contributed by atoms with Crippen LogP contribution in [0.1, 0.15) is 96.8 Å². The summed E-state index contributed by atoms with van der Waals surface area (Å²) in [6, 6.07) is 9.89. The molecule has 9 heteroatoms. The maximum atomic E-state index is 10.6. The fourth-order valence-corrected chi connectivity index (χ4v) is 4.44. The summed E-state index contributed by atoms with van der Waals surface area (Å²) >= 11 is 0. The molecule has 0 fully saturated rings. The normalized spacial score (nSPS) is 12.6. The van der Waals surface area contributed by atoms with Crippen molar-refractivity contribution in [1.82, 2.24) is 0 Å². The molecule has 1 aromatic carbocycles. The Morgan fingerprint density at radius 1 is 0.658 bits per heavy atom. The summed E-state index contributed by atoms with van der Waals surface area (Å²) in [5, 5.41) is 0. The van der Waals surface area contributed by atoms with E-state index in [0.717, 1.165) is 18.6 Å². The Balaban J connectivity index is 2.06. The first-order valence-electron chi connectivity index (χ1n) is 14.7. The molecule has 0 aliphatic rings. The lowest BCUT2D eigenvalue weighted by molar-refractivity contribution is -0.00956. The molecule has 0 radical (unpaired) electrons. The number of unbranched alkanes of at least 4 members (excludes halogenated alkanes) is 12. The second-order valence-corrected chi connectivity index (χ2v) is 10.9. The largest absolute Gasteiger partial charge is 0.488 e. The fourth-order valence-electron chi connectivity index (χ4n) is 4.13. The summed E-state index contributed by atoms with van der Waals surface area (Å²) in [7, 11) is -4.43. The predicted molar refractivity (Wildman–Crippen MR) is 152 cm³/mol. The molecule has 0 aliphatic carbocycles. The number of hydrogen-bond acceptors (Lipinski definition) is 6. The van der Waals surface area contributed by atoms with Gasteiger partial charge in [-0.25, -0.2) is 4.57 Å². The number of para-hydroxylation sites is 1. The summed E-state index contributed by atoms with van der Waals surface area (Å²) in [6.07, 6.45) is 18.4. The highest BCUT2D eigenvalue weighted by Gasteiger charge is 2.13. The standard InChI is InChI=1S/C29H53O8P/c1-2-3-4-5-6-7-8-9-10-11-12-13-15-20-29(37-28-18-16-14-17-19-28)27-35-24-23-33-21-22-34-25-26-36-38(30,31)32/h14,16-19,29H,2-13,15,20-27H2,1H3,(H2,30,31,32). The van der Waals surface area contributed by atoms with E-state index < -0.39 is 7.82 Å². The van der Waals surface area contributed by atoms with E-state index in [-0.39, 0.29) is 19.3 Å². The van der Waals surface area contributed by atoms with Gasteiger partial charge in [-0.05, 0) is 25.0 Å². The van der Waals surface area contributed by atoms with Gasteiger partial charge in [-0.1, -0.05) is 102 Å². The lowest BCUT2D eigenvalue weighted by Crippen LogP contribution is -2.24. The number of rotatable bonds is 28. The van der Waals surface area contributed by atoms with Crippen LogP contribution in [0.5, 0.6) is 5.75 Å². The summed E-state index contributed by atoms with van der Waals surface area (Å²) in [6.45, 7) is 4.34. The van der Waals surface area contributed by atoms with Gasteiger partial charge in [0.25, 0.3) is 0 Å². The van der Waals surface area contributed by atoms with Crippen LogP contribution in [-0.4, -0.2) is 62.1 Å². The van der Waals surface area contributed by atoms with E-state index in [0.29, 0.717) is 33.0 Å². The van der Waals surface area contributed by atoms with Gasteiger partial charge in [0.1, 0.15) is 11.9 Å². The van der Waals surface area contributed by atoms with Crippen LogP contribution in [0.2, 0.25) is 0 Å². The first-order valence-corrected chi connectivity index (χ1v) is 16.2. The van der Waals surface area contributed by atoms with E-state index >= 15 is 0 Å². The van der Waals surface area contributed by atoms with Crippen LogP contribution < -0.4 is 4.74 Å². The van der Waals surface area contributed by atoms with Crippen molar-refractivity contribution in [3.8, 4) is 5.75 Å². The number of ether oxygens (including phenoxy) is 4. The van der Waals surface area contributed by atoms with Crippen LogP contribution in [0.4, 0.5) is 0 Å². The topological polar surface area (TPSA) is 104 Å². The third kappa shape index (κ3) is 24.1. The van der Waals surface area contributed by atoms with Crippen LogP contribution in [-0.2, 0) is 23.3 Å². The summed E-state index contributed by atoms with van der Waals surface area (Å²) in [5.74, 6) is 0.868. The molecule has 8 nitrogen and oxygen atoms in total. The molecule has 0 aliphatic heterocycles. The van der Waals surface area contributed by atoms with Gasteiger partial charge in [-0.2, -0.15) is 0 Å². The van der Waals surface area contributed by atoms with Crippen LogP contribution in [0.3, 0.4) is 0 Å². The first kappa shape index (κ1) is 35.0. The highest BCUT2D eigenvalue weighted by molar-refractivity contribution is 7.46. The molecule has 0 saturated carbocycles. The van der Waals surface area contributed by atoms with Gasteiger partial charge in [0.2, 0.25) is 0 Å². The van der Waals surface area contributed by atoms with Crippen molar-refractivity contribution < 1.29 is 37.8 Å². The van der Waals surface area contributed by atoms with Crippen molar-refractivity contribution in [2.24, 2.45) is 0 Å². The summed E-state index contributed by atoms with van der Waals surface area (Å²) in [5.41, 5.74) is 0. The number of benzene rings is 1. The molecule has 1 aromatic rings. The van der Waals surface area contributed by atoms with E-state index in [1.165, 1.54) is 77.0 Å². The Kier molecular flexibility index (Phi) is 23.1. The molecule has 0 spiro atoms. The molecule has 0 aromatic heterocycles. The monoisotopic (exact) mass is 560 g/mol. The van der Waals surface area contributed by atoms with Crippen LogP contribution >= 0.6 is 7.82 Å². The van der Waals surface area contributed by atoms with Gasteiger partial charge in [-0.3, -0.25) is 4.52 Å². The Morgan fingerprint density at radius 3 is 1.66 bits per heavy atom. The average molecular weight is 561 g/mol. The van der Waals surface area contributed by atoms with E-state index in [4.69, 9.17) is 28.7 Å². The Hall–Kier alpha value is -0.990. The number of phosphoric ester groups is 1. The third-order valence-electron chi connectivity index (χ3n) is 6.21. The molecule has 0 saturated heterocycles. The van der Waals surface area contributed by atoms with E-state index in [1.54, 1.807) is 0 Å². The average Bonchev–Trinajstić information content (AvgIpc) is 2.89. The quantitative estimate of drug-likeness (QED) is 0.0828. The smallest absolute Gasteiger partial charge is 0.469 e. The van der Waals surface area contributed by atoms with E-state index in [2.05, 4.69) is 11.4 Å². The first-order chi connectivity index (χ1) is 18.5. The lowest BCUT2D eigenvalue weighted by Gasteiger charge is -2.19. The van der Waals surface area contributed by atoms with Crippen molar-refractivity contribution in [3.05, 3.63) is 30.3 Å². The molecule has 1 rings (SSSR count). The van der Waals surface area contributed by atoms with Gasteiger partial charge < -0.3 is 28.7 Å². The minimum Gasteiger partial charge on any atom is -0.488 e. The van der Waals surface area contributed by atoms with Crippen LogP contribution in [0.15, 0.2) is 30.3 Å². The van der Waals surface area contributed by atoms with Crippen molar-refractivity contribution in [2.75, 3.05) is 46.2 Å². The Labute approximate surface area is 231 Å². The molecular formula is C29H53O8P. The van der Waals surface area contributed by atoms with Gasteiger partial charge in [0, 0.05) is 0 Å². The van der Waals surface area contributed by atoms with Gasteiger partial charge in [0.15, 0.2) is 0 Å². The molecule has 1 atom stereocenters. The predicted octanol–water partition coefficient (Wildman–Crippen LogP) is 7.07. The van der Waals surface area contributed by atoms with Gasteiger partial charge in [-0.15, -0.1) is 0 Å². The van der Waals surface area contributed by atoms with Gasteiger partial charge >= 0.3 is 7.82 Å². The zero-order valence-corrected chi connectivity index (χ0v) is 24.5. The third-order valence-corrected chi connectivity index (χ3v) is 6.73. The molecule has 0 bridgehead atoms. The van der Waals surface area contributed by atoms with E-state index in [1.807, 2.05) is 30.3 Å². The van der Waals surface area contributed by atoms with Gasteiger partial charge in [0.05, 0.1) is 46.2 Å². The highest BCUT2D eigenvalue weighted by atomic mass is 31.2. The molecule has 2 N–H and O–H groups in total. The fraction of sp³-hybridized carbons (Fsp3) is 0.793. The maximum absolute atomic E-state index is 10.6. The molecular weight excluding hydrogens is 507 g/mol. The van der Waals surface area contributed by atoms with Crippen molar-refractivity contribution in [3.63, 3.8) is 0 Å². The molecule has 38 heavy (non-hydrogen) atoms. The van der Waals surface area contributed by atoms with E-state index in [9.17, 15) is 4.57 Å². The highest BCUT2D eigenvalue weighted by Crippen LogP contribution is 2.35. The second kappa shape index (κ2) is 25.0. The van der Waals surface area contributed by atoms with Crippen molar-refractivity contribution >= 4 is 7.82 Å². The maximum Gasteiger partial charge on any atom is 0.469 e. The minimum atomic E-state index is -4.43. The number of phosphoric acid groups is 1. The van der Waals surface area contributed by atoms with Crippen LogP contribution in [0, 0.1) is 0 Å². The number of hydrogen-bond donors (Lipinski definition) is 2. The second-order valence-electron chi connectivity index (χ2n) is 9.71. The SMILES string of the molecule is CCCCCCCCCCCCCCCC(COCCOCCOCCOP(=O)(O)O)Oc1ccccc1. The molecule has 0 heterocycles. The minimum absolute atomic E-state index is 0.0162.